The maximum Gasteiger partial charge on any atom is 0.308 e. The Kier molecular flexibility index (Phi) is 5.29. The average Bonchev–Trinajstić information content (AvgIpc) is 3.13. The van der Waals surface area contributed by atoms with E-state index in [2.05, 4.69) is 43.8 Å². The number of carbonyl (C=O) groups excluding carboxylic acids is 1. The van der Waals surface area contributed by atoms with Gasteiger partial charge in [-0.1, -0.05) is 18.2 Å². The predicted molar refractivity (Wildman–Crippen MR) is 109 cm³/mol. The lowest BCUT2D eigenvalue weighted by Gasteiger charge is -2.34. The molecule has 0 amide bonds. The number of para-hydroxylation sites is 1. The average molecular weight is 390 g/mol. The molecule has 1 fully saturated rings. The molecule has 8 heteroatoms. The number of H-pyrrole nitrogens is 1. The van der Waals surface area contributed by atoms with Gasteiger partial charge < -0.3 is 20.4 Å². The third-order valence-electron chi connectivity index (χ3n) is 5.28. The van der Waals surface area contributed by atoms with Crippen molar-refractivity contribution in [1.29, 1.82) is 5.26 Å². The Labute approximate surface area is 168 Å². The third kappa shape index (κ3) is 3.99. The van der Waals surface area contributed by atoms with E-state index in [1.54, 1.807) is 0 Å². The van der Waals surface area contributed by atoms with Gasteiger partial charge in [-0.15, -0.1) is 0 Å². The van der Waals surface area contributed by atoms with Crippen LogP contribution in [0.3, 0.4) is 0 Å². The maximum absolute atomic E-state index is 11.5. The van der Waals surface area contributed by atoms with E-state index in [-0.39, 0.29) is 17.9 Å². The summed E-state index contributed by atoms with van der Waals surface area (Å²) < 4.78 is 4.76. The van der Waals surface area contributed by atoms with Gasteiger partial charge in [-0.2, -0.15) is 10.2 Å². The highest BCUT2D eigenvalue weighted by molar-refractivity contribution is 5.83. The molecule has 2 aromatic heterocycles. The molecule has 148 valence electrons. The van der Waals surface area contributed by atoms with Crippen molar-refractivity contribution >= 4 is 28.6 Å². The molecule has 2 heterocycles. The molecule has 8 nitrogen and oxygen atoms in total. The highest BCUT2D eigenvalue weighted by atomic mass is 16.5. The molecular formula is C21H22N6O2. The molecule has 1 aromatic carbocycles. The second kappa shape index (κ2) is 8.19. The normalized spacial score (nSPS) is 17.9. The Hall–Kier alpha value is -3.60. The SMILES string of the molecule is COC(=O)C1CC(Nc2nc(NCCc3c[nH]c4ccccc34)ncc2C#N)C1. The van der Waals surface area contributed by atoms with Crippen molar-refractivity contribution in [2.75, 3.05) is 24.3 Å². The minimum Gasteiger partial charge on any atom is -0.469 e. The molecule has 0 atom stereocenters. The fourth-order valence-electron chi connectivity index (χ4n) is 3.59. The van der Waals surface area contributed by atoms with Gasteiger partial charge in [-0.05, 0) is 30.9 Å². The number of anilines is 2. The van der Waals surface area contributed by atoms with Gasteiger partial charge in [0.15, 0.2) is 0 Å². The number of aromatic amines is 1. The molecular weight excluding hydrogens is 368 g/mol. The number of nitrogens with zero attached hydrogens (tertiary/aromatic N) is 3. The second-order valence-corrected chi connectivity index (χ2v) is 7.14. The molecule has 0 bridgehead atoms. The molecule has 0 unspecified atom stereocenters. The molecule has 1 aliphatic rings. The smallest absolute Gasteiger partial charge is 0.308 e. The van der Waals surface area contributed by atoms with E-state index in [9.17, 15) is 10.1 Å². The van der Waals surface area contributed by atoms with Crippen molar-refractivity contribution in [2.24, 2.45) is 5.92 Å². The van der Waals surface area contributed by atoms with Crippen LogP contribution >= 0.6 is 0 Å². The van der Waals surface area contributed by atoms with Gasteiger partial charge in [-0.25, -0.2) is 4.98 Å². The third-order valence-corrected chi connectivity index (χ3v) is 5.28. The number of carbonyl (C=O) groups is 1. The quantitative estimate of drug-likeness (QED) is 0.531. The minimum absolute atomic E-state index is 0.0846. The molecule has 0 saturated heterocycles. The van der Waals surface area contributed by atoms with Crippen LogP contribution in [0.25, 0.3) is 10.9 Å². The summed E-state index contributed by atoms with van der Waals surface area (Å²) in [6.07, 6.45) is 5.70. The van der Waals surface area contributed by atoms with E-state index in [0.29, 0.717) is 36.7 Å². The molecule has 0 radical (unpaired) electrons. The van der Waals surface area contributed by atoms with Crippen LogP contribution in [0, 0.1) is 17.2 Å². The van der Waals surface area contributed by atoms with Crippen molar-refractivity contribution in [3.05, 3.63) is 47.8 Å². The number of methoxy groups -OCH3 is 1. The lowest BCUT2D eigenvalue weighted by molar-refractivity contribution is -0.148. The number of ether oxygens (including phenoxy) is 1. The summed E-state index contributed by atoms with van der Waals surface area (Å²) in [7, 11) is 1.40. The molecule has 4 rings (SSSR count). The summed E-state index contributed by atoms with van der Waals surface area (Å²) in [5.41, 5.74) is 2.73. The molecule has 0 aliphatic heterocycles. The molecule has 3 aromatic rings. The monoisotopic (exact) mass is 390 g/mol. The van der Waals surface area contributed by atoms with Crippen LogP contribution in [0.2, 0.25) is 0 Å². The molecule has 1 aliphatic carbocycles. The summed E-state index contributed by atoms with van der Waals surface area (Å²) in [5, 5.41) is 17.0. The topological polar surface area (TPSA) is 116 Å². The van der Waals surface area contributed by atoms with E-state index in [4.69, 9.17) is 4.74 Å². The summed E-state index contributed by atoms with van der Waals surface area (Å²) in [6, 6.07) is 10.4. The Bertz CT molecular complexity index is 1060. The van der Waals surface area contributed by atoms with Gasteiger partial charge in [0, 0.05) is 29.7 Å². The summed E-state index contributed by atoms with van der Waals surface area (Å²) in [6.45, 7) is 0.668. The minimum atomic E-state index is -0.189. The number of hydrogen-bond acceptors (Lipinski definition) is 7. The molecule has 3 N–H and O–H groups in total. The van der Waals surface area contributed by atoms with E-state index < -0.39 is 0 Å². The van der Waals surface area contributed by atoms with Crippen molar-refractivity contribution in [2.45, 2.75) is 25.3 Å². The fraction of sp³-hybridized carbons (Fsp3) is 0.333. The summed E-state index contributed by atoms with van der Waals surface area (Å²) in [5.74, 6) is 0.685. The number of rotatable bonds is 7. The second-order valence-electron chi connectivity index (χ2n) is 7.14. The van der Waals surface area contributed by atoms with Gasteiger partial charge in [0.25, 0.3) is 0 Å². The Morgan fingerprint density at radius 2 is 2.21 bits per heavy atom. The summed E-state index contributed by atoms with van der Waals surface area (Å²) >= 11 is 0. The number of aromatic nitrogens is 3. The first kappa shape index (κ1) is 18.7. The molecule has 0 spiro atoms. The van der Waals surface area contributed by atoms with Gasteiger partial charge >= 0.3 is 5.97 Å². The van der Waals surface area contributed by atoms with E-state index >= 15 is 0 Å². The van der Waals surface area contributed by atoms with Gasteiger partial charge in [0.2, 0.25) is 5.95 Å². The van der Waals surface area contributed by atoms with E-state index in [1.807, 2.05) is 18.3 Å². The zero-order valence-electron chi connectivity index (χ0n) is 16.1. The lowest BCUT2D eigenvalue weighted by Crippen LogP contribution is -2.40. The first-order chi connectivity index (χ1) is 14.2. The largest absolute Gasteiger partial charge is 0.469 e. The molecule has 1 saturated carbocycles. The number of benzene rings is 1. The Balaban J connectivity index is 1.37. The van der Waals surface area contributed by atoms with Crippen LogP contribution in [0.4, 0.5) is 11.8 Å². The van der Waals surface area contributed by atoms with Gasteiger partial charge in [0.1, 0.15) is 17.5 Å². The van der Waals surface area contributed by atoms with Crippen LogP contribution in [-0.2, 0) is 16.0 Å². The predicted octanol–water partition coefficient (Wildman–Crippen LogP) is 2.85. The van der Waals surface area contributed by atoms with E-state index in [1.165, 1.54) is 24.3 Å². The number of nitriles is 1. The van der Waals surface area contributed by atoms with Crippen molar-refractivity contribution in [1.82, 2.24) is 15.0 Å². The van der Waals surface area contributed by atoms with Gasteiger partial charge in [0.05, 0.1) is 19.2 Å². The van der Waals surface area contributed by atoms with Crippen molar-refractivity contribution < 1.29 is 9.53 Å². The zero-order valence-corrected chi connectivity index (χ0v) is 16.1. The van der Waals surface area contributed by atoms with Crippen LogP contribution in [0.1, 0.15) is 24.0 Å². The molecule has 29 heavy (non-hydrogen) atoms. The Morgan fingerprint density at radius 1 is 1.38 bits per heavy atom. The number of esters is 1. The Morgan fingerprint density at radius 3 is 3.00 bits per heavy atom. The van der Waals surface area contributed by atoms with Crippen LogP contribution in [-0.4, -0.2) is 40.6 Å². The van der Waals surface area contributed by atoms with E-state index in [0.717, 1.165) is 11.9 Å². The van der Waals surface area contributed by atoms with Crippen LogP contribution < -0.4 is 10.6 Å². The fourth-order valence-corrected chi connectivity index (χ4v) is 3.59. The lowest BCUT2D eigenvalue weighted by atomic mass is 9.80. The number of nitrogens with one attached hydrogen (secondary N) is 3. The van der Waals surface area contributed by atoms with Crippen LogP contribution in [0.15, 0.2) is 36.7 Å². The maximum atomic E-state index is 11.5. The zero-order chi connectivity index (χ0) is 20.2. The first-order valence-corrected chi connectivity index (χ1v) is 9.58. The number of hydrogen-bond donors (Lipinski definition) is 3. The van der Waals surface area contributed by atoms with Crippen LogP contribution in [0.5, 0.6) is 0 Å². The first-order valence-electron chi connectivity index (χ1n) is 9.58. The highest BCUT2D eigenvalue weighted by Crippen LogP contribution is 2.31. The van der Waals surface area contributed by atoms with Gasteiger partial charge in [-0.3, -0.25) is 4.79 Å². The number of fused-ring (bicyclic) bond motifs is 1. The summed E-state index contributed by atoms with van der Waals surface area (Å²) in [4.78, 5) is 23.5. The van der Waals surface area contributed by atoms with Crippen molar-refractivity contribution in [3.8, 4) is 6.07 Å². The van der Waals surface area contributed by atoms with Crippen molar-refractivity contribution in [3.63, 3.8) is 0 Å². The highest BCUT2D eigenvalue weighted by Gasteiger charge is 2.35. The standard InChI is InChI=1S/C21H22N6O2/c1-29-20(28)14-8-16(9-14)26-19-15(10-22)12-25-21(27-19)23-7-6-13-11-24-18-5-3-2-4-17(13)18/h2-5,11-12,14,16,24H,6-9H2,1H3,(H2,23,25,26,27).